The van der Waals surface area contributed by atoms with Crippen LogP contribution < -0.4 is 5.32 Å². The van der Waals surface area contributed by atoms with Crippen molar-refractivity contribution in [1.82, 2.24) is 10.2 Å². The minimum atomic E-state index is 0.916. The van der Waals surface area contributed by atoms with Crippen molar-refractivity contribution in [1.29, 1.82) is 0 Å². The summed E-state index contributed by atoms with van der Waals surface area (Å²) in [4.78, 5) is 2.21. The highest BCUT2D eigenvalue weighted by Crippen LogP contribution is 1.91. The van der Waals surface area contributed by atoms with Gasteiger partial charge >= 0.3 is 0 Å². The minimum absolute atomic E-state index is 0.916. The third-order valence-electron chi connectivity index (χ3n) is 1.88. The molecule has 1 N–H and O–H groups in total. The van der Waals surface area contributed by atoms with Gasteiger partial charge in [-0.05, 0) is 53.0 Å². The van der Waals surface area contributed by atoms with E-state index < -0.39 is 0 Å². The summed E-state index contributed by atoms with van der Waals surface area (Å²) in [5.41, 5.74) is 0. The number of hydrogen-bond acceptors (Lipinski definition) is 2. The molecule has 0 aromatic heterocycles. The van der Waals surface area contributed by atoms with Crippen LogP contribution in [0.5, 0.6) is 0 Å². The van der Waals surface area contributed by atoms with Crippen molar-refractivity contribution in [3.63, 3.8) is 0 Å². The Morgan fingerprint density at radius 2 is 1.85 bits per heavy atom. The van der Waals surface area contributed by atoms with Gasteiger partial charge < -0.3 is 10.2 Å². The van der Waals surface area contributed by atoms with E-state index >= 15 is 0 Å². The van der Waals surface area contributed by atoms with Crippen LogP contribution in [0, 0.1) is 12.3 Å². The van der Waals surface area contributed by atoms with Gasteiger partial charge in [0.05, 0.1) is 0 Å². The molecule has 0 aromatic rings. The van der Waals surface area contributed by atoms with Crippen LogP contribution in [0.2, 0.25) is 0 Å². The van der Waals surface area contributed by atoms with E-state index in [1.165, 1.54) is 12.8 Å². The molecule has 2 heteroatoms. The molecule has 0 amide bonds. The van der Waals surface area contributed by atoms with E-state index in [0.717, 1.165) is 32.5 Å². The summed E-state index contributed by atoms with van der Waals surface area (Å²) in [6.07, 6.45) is 9.64. The molecule has 0 aliphatic heterocycles. The Balaban J connectivity index is 2.88. The van der Waals surface area contributed by atoms with Crippen molar-refractivity contribution in [2.45, 2.75) is 25.7 Å². The van der Waals surface area contributed by atoms with E-state index in [4.69, 9.17) is 6.42 Å². The summed E-state index contributed by atoms with van der Waals surface area (Å²) >= 11 is 0. The van der Waals surface area contributed by atoms with Crippen LogP contribution in [0.4, 0.5) is 0 Å². The molecule has 0 saturated heterocycles. The van der Waals surface area contributed by atoms with Crippen LogP contribution in [0.1, 0.15) is 25.7 Å². The quantitative estimate of drug-likeness (QED) is 0.450. The lowest BCUT2D eigenvalue weighted by atomic mass is 10.2. The monoisotopic (exact) mass is 182 g/mol. The summed E-state index contributed by atoms with van der Waals surface area (Å²) in [6.45, 7) is 3.39. The first-order chi connectivity index (χ1) is 6.27. The van der Waals surface area contributed by atoms with Gasteiger partial charge in [-0.1, -0.05) is 0 Å². The Hall–Kier alpha value is -0.520. The zero-order chi connectivity index (χ0) is 9.94. The highest BCUT2D eigenvalue weighted by molar-refractivity contribution is 4.82. The van der Waals surface area contributed by atoms with Crippen molar-refractivity contribution >= 4 is 0 Å². The molecule has 0 radical (unpaired) electrons. The molecular formula is C11H22N2. The van der Waals surface area contributed by atoms with E-state index in [0.29, 0.717) is 0 Å². The van der Waals surface area contributed by atoms with E-state index in [-0.39, 0.29) is 0 Å². The van der Waals surface area contributed by atoms with Crippen LogP contribution in [-0.2, 0) is 0 Å². The molecule has 13 heavy (non-hydrogen) atoms. The van der Waals surface area contributed by atoms with Gasteiger partial charge in [-0.2, -0.15) is 0 Å². The molecule has 2 nitrogen and oxygen atoms in total. The largest absolute Gasteiger partial charge is 0.317 e. The van der Waals surface area contributed by atoms with Crippen molar-refractivity contribution in [3.05, 3.63) is 0 Å². The molecule has 0 rings (SSSR count). The second kappa shape index (κ2) is 9.57. The molecule has 0 spiro atoms. The summed E-state index contributed by atoms with van der Waals surface area (Å²) in [5, 5.41) is 3.40. The SMILES string of the molecule is C#CCCCCNCCCN(C)C. The van der Waals surface area contributed by atoms with Gasteiger partial charge in [-0.15, -0.1) is 12.3 Å². The highest BCUT2D eigenvalue weighted by atomic mass is 15.0. The zero-order valence-corrected chi connectivity index (χ0v) is 8.97. The second-order valence-corrected chi connectivity index (χ2v) is 3.57. The molecule has 0 unspecified atom stereocenters. The van der Waals surface area contributed by atoms with Crippen molar-refractivity contribution < 1.29 is 0 Å². The van der Waals surface area contributed by atoms with Crippen LogP contribution >= 0.6 is 0 Å². The number of hydrogen-bond donors (Lipinski definition) is 1. The van der Waals surface area contributed by atoms with Gasteiger partial charge in [0.2, 0.25) is 0 Å². The molecule has 0 aliphatic carbocycles. The standard InChI is InChI=1S/C11H22N2/c1-4-5-6-7-9-12-10-8-11-13(2)3/h1,12H,5-11H2,2-3H3. The zero-order valence-electron chi connectivity index (χ0n) is 8.97. The average molecular weight is 182 g/mol. The fourth-order valence-electron chi connectivity index (χ4n) is 1.12. The lowest BCUT2D eigenvalue weighted by Crippen LogP contribution is -2.22. The maximum absolute atomic E-state index is 5.15. The predicted molar refractivity (Wildman–Crippen MR) is 58.7 cm³/mol. The van der Waals surface area contributed by atoms with Crippen LogP contribution in [0.15, 0.2) is 0 Å². The maximum atomic E-state index is 5.15. The Bertz CT molecular complexity index is 136. The summed E-state index contributed by atoms with van der Waals surface area (Å²) in [6, 6.07) is 0. The summed E-state index contributed by atoms with van der Waals surface area (Å²) in [5.74, 6) is 2.65. The maximum Gasteiger partial charge on any atom is 0.00865 e. The lowest BCUT2D eigenvalue weighted by Gasteiger charge is -2.09. The van der Waals surface area contributed by atoms with Crippen molar-refractivity contribution in [3.8, 4) is 12.3 Å². The third-order valence-corrected chi connectivity index (χ3v) is 1.88. The van der Waals surface area contributed by atoms with Gasteiger partial charge in [0, 0.05) is 6.42 Å². The molecular weight excluding hydrogens is 160 g/mol. The molecule has 0 atom stereocenters. The Morgan fingerprint density at radius 1 is 1.15 bits per heavy atom. The predicted octanol–water partition coefficient (Wildman–Crippen LogP) is 1.33. The first kappa shape index (κ1) is 12.5. The van der Waals surface area contributed by atoms with Gasteiger partial charge in [-0.25, -0.2) is 0 Å². The fraction of sp³-hybridized carbons (Fsp3) is 0.818. The number of nitrogens with zero attached hydrogens (tertiary/aromatic N) is 1. The number of rotatable bonds is 8. The summed E-state index contributed by atoms with van der Waals surface area (Å²) < 4.78 is 0. The highest BCUT2D eigenvalue weighted by Gasteiger charge is 1.90. The third kappa shape index (κ3) is 11.5. The Kier molecular flexibility index (Phi) is 9.18. The average Bonchev–Trinajstić information content (AvgIpc) is 2.09. The Labute approximate surface area is 82.7 Å². The van der Waals surface area contributed by atoms with E-state index in [1.807, 2.05) is 0 Å². The van der Waals surface area contributed by atoms with Crippen LogP contribution in [0.3, 0.4) is 0 Å². The van der Waals surface area contributed by atoms with Crippen molar-refractivity contribution in [2.75, 3.05) is 33.7 Å². The van der Waals surface area contributed by atoms with E-state index in [9.17, 15) is 0 Å². The molecule has 76 valence electrons. The van der Waals surface area contributed by atoms with Gasteiger partial charge in [0.15, 0.2) is 0 Å². The smallest absolute Gasteiger partial charge is 0.00865 e. The van der Waals surface area contributed by atoms with Crippen molar-refractivity contribution in [2.24, 2.45) is 0 Å². The second-order valence-electron chi connectivity index (χ2n) is 3.57. The molecule has 0 aromatic carbocycles. The molecule has 0 fully saturated rings. The molecule has 0 heterocycles. The van der Waals surface area contributed by atoms with Gasteiger partial charge in [0.25, 0.3) is 0 Å². The van der Waals surface area contributed by atoms with Gasteiger partial charge in [0.1, 0.15) is 0 Å². The topological polar surface area (TPSA) is 15.3 Å². The summed E-state index contributed by atoms with van der Waals surface area (Å²) in [7, 11) is 4.21. The molecule has 0 aliphatic rings. The fourth-order valence-corrected chi connectivity index (χ4v) is 1.12. The van der Waals surface area contributed by atoms with Crippen LogP contribution in [0.25, 0.3) is 0 Å². The normalized spacial score (nSPS) is 10.3. The minimum Gasteiger partial charge on any atom is -0.317 e. The number of unbranched alkanes of at least 4 members (excludes halogenated alkanes) is 2. The van der Waals surface area contributed by atoms with E-state index in [1.54, 1.807) is 0 Å². The van der Waals surface area contributed by atoms with E-state index in [2.05, 4.69) is 30.2 Å². The first-order valence-electron chi connectivity index (χ1n) is 5.06. The molecule has 0 saturated carbocycles. The Morgan fingerprint density at radius 3 is 2.46 bits per heavy atom. The first-order valence-corrected chi connectivity index (χ1v) is 5.06. The van der Waals surface area contributed by atoms with Gasteiger partial charge in [-0.3, -0.25) is 0 Å². The number of nitrogens with one attached hydrogen (secondary N) is 1. The number of terminal acetylenes is 1. The molecule has 0 bridgehead atoms. The van der Waals surface area contributed by atoms with Crippen LogP contribution in [-0.4, -0.2) is 38.6 Å². The lowest BCUT2D eigenvalue weighted by molar-refractivity contribution is 0.394.